The van der Waals surface area contributed by atoms with Crippen molar-refractivity contribution in [3.63, 3.8) is 0 Å². The lowest BCUT2D eigenvalue weighted by atomic mass is 9.81. The molecule has 0 bridgehead atoms. The second-order valence-electron chi connectivity index (χ2n) is 7.16. The minimum Gasteiger partial charge on any atom is -0.463 e. The molecular formula is C16H25NO5. The van der Waals surface area contributed by atoms with E-state index < -0.39 is 23.4 Å². The normalized spacial score (nSPS) is 46.6. The molecule has 3 aliphatic heterocycles. The van der Waals surface area contributed by atoms with Gasteiger partial charge in [0.25, 0.3) is 0 Å². The third-order valence-corrected chi connectivity index (χ3v) is 5.89. The molecule has 3 saturated heterocycles. The number of cyclic esters (lactones) is 1. The molecule has 3 rings (SSSR count). The molecule has 3 aliphatic rings. The van der Waals surface area contributed by atoms with Gasteiger partial charge in [-0.3, -0.25) is 9.69 Å². The Kier molecular flexibility index (Phi) is 3.93. The van der Waals surface area contributed by atoms with Gasteiger partial charge in [-0.1, -0.05) is 13.8 Å². The van der Waals surface area contributed by atoms with Gasteiger partial charge in [-0.05, 0) is 26.3 Å². The van der Waals surface area contributed by atoms with Gasteiger partial charge in [-0.15, -0.1) is 0 Å². The monoisotopic (exact) mass is 311 g/mol. The maximum atomic E-state index is 12.4. The van der Waals surface area contributed by atoms with Crippen LogP contribution in [0.4, 0.5) is 0 Å². The van der Waals surface area contributed by atoms with Gasteiger partial charge in [0, 0.05) is 18.4 Å². The highest BCUT2D eigenvalue weighted by molar-refractivity contribution is 5.81. The quantitative estimate of drug-likeness (QED) is 0.659. The lowest BCUT2D eigenvalue weighted by molar-refractivity contribution is -0.174. The number of hydrogen-bond donors (Lipinski definition) is 1. The second kappa shape index (κ2) is 5.49. The van der Waals surface area contributed by atoms with Crippen molar-refractivity contribution in [1.29, 1.82) is 0 Å². The van der Waals surface area contributed by atoms with E-state index in [1.54, 1.807) is 13.8 Å². The van der Waals surface area contributed by atoms with E-state index in [1.165, 1.54) is 6.92 Å². The van der Waals surface area contributed by atoms with E-state index in [-0.39, 0.29) is 30.6 Å². The van der Waals surface area contributed by atoms with E-state index in [9.17, 15) is 14.7 Å². The average Bonchev–Trinajstić information content (AvgIpc) is 3.05. The summed E-state index contributed by atoms with van der Waals surface area (Å²) >= 11 is 0. The third-order valence-electron chi connectivity index (χ3n) is 5.89. The van der Waals surface area contributed by atoms with Gasteiger partial charge < -0.3 is 14.6 Å². The molecule has 0 amide bonds. The van der Waals surface area contributed by atoms with Crippen LogP contribution >= 0.6 is 0 Å². The number of aliphatic hydroxyl groups is 1. The minimum atomic E-state index is -1.68. The number of hydrogen-bond acceptors (Lipinski definition) is 6. The summed E-state index contributed by atoms with van der Waals surface area (Å²) in [5, 5.41) is 10.5. The first-order chi connectivity index (χ1) is 10.3. The van der Waals surface area contributed by atoms with Gasteiger partial charge in [0.05, 0.1) is 18.6 Å². The van der Waals surface area contributed by atoms with Crippen molar-refractivity contribution in [2.75, 3.05) is 19.7 Å². The van der Waals surface area contributed by atoms with Crippen molar-refractivity contribution in [3.05, 3.63) is 0 Å². The number of nitrogens with zero attached hydrogens (tertiary/aromatic N) is 1. The summed E-state index contributed by atoms with van der Waals surface area (Å²) in [4.78, 5) is 27.0. The fourth-order valence-corrected chi connectivity index (χ4v) is 3.99. The van der Waals surface area contributed by atoms with Crippen LogP contribution in [-0.2, 0) is 19.1 Å². The zero-order chi connectivity index (χ0) is 16.1. The van der Waals surface area contributed by atoms with Crippen molar-refractivity contribution < 1.29 is 24.2 Å². The molecule has 0 spiro atoms. The van der Waals surface area contributed by atoms with E-state index in [2.05, 4.69) is 4.90 Å². The summed E-state index contributed by atoms with van der Waals surface area (Å²) in [5.74, 6) is -1.93. The molecule has 22 heavy (non-hydrogen) atoms. The van der Waals surface area contributed by atoms with Crippen molar-refractivity contribution in [3.8, 4) is 0 Å². The number of carbonyl (C=O) groups is 2. The second-order valence-corrected chi connectivity index (χ2v) is 7.16. The molecule has 0 aromatic rings. The number of ether oxygens (including phenoxy) is 2. The summed E-state index contributed by atoms with van der Waals surface area (Å²) < 4.78 is 11.1. The van der Waals surface area contributed by atoms with Crippen LogP contribution in [-0.4, -0.2) is 59.4 Å². The maximum Gasteiger partial charge on any atom is 0.338 e. The number of esters is 2. The zero-order valence-corrected chi connectivity index (χ0v) is 13.4. The topological polar surface area (TPSA) is 76.1 Å². The van der Waals surface area contributed by atoms with Gasteiger partial charge >= 0.3 is 11.9 Å². The highest BCUT2D eigenvalue weighted by Crippen LogP contribution is 2.37. The van der Waals surface area contributed by atoms with Gasteiger partial charge in [-0.25, -0.2) is 4.79 Å². The predicted molar refractivity (Wildman–Crippen MR) is 77.9 cm³/mol. The molecule has 0 saturated carbocycles. The Morgan fingerprint density at radius 1 is 1.23 bits per heavy atom. The average molecular weight is 311 g/mol. The van der Waals surface area contributed by atoms with Crippen LogP contribution in [0.15, 0.2) is 0 Å². The van der Waals surface area contributed by atoms with Gasteiger partial charge in [0.1, 0.15) is 6.10 Å². The summed E-state index contributed by atoms with van der Waals surface area (Å²) in [7, 11) is 0. The standard InChI is InChI=1S/C16H25NO5/c1-9-10(2)16(3,20)15(19)21-8-11-4-6-17-7-5-12(13(11)17)22-14(9)18/h9-13,20H,4-8H2,1-3H3/t9-,10+,11-,12-,13-,16-/m1/s1. The van der Waals surface area contributed by atoms with Crippen molar-refractivity contribution in [2.24, 2.45) is 17.8 Å². The molecule has 0 aromatic heterocycles. The van der Waals surface area contributed by atoms with Gasteiger partial charge in [0.2, 0.25) is 0 Å². The Hall–Kier alpha value is -1.14. The van der Waals surface area contributed by atoms with E-state index in [0.29, 0.717) is 0 Å². The Morgan fingerprint density at radius 3 is 2.64 bits per heavy atom. The molecule has 1 N–H and O–H groups in total. The van der Waals surface area contributed by atoms with Crippen molar-refractivity contribution >= 4 is 11.9 Å². The molecule has 6 atom stereocenters. The van der Waals surface area contributed by atoms with E-state index >= 15 is 0 Å². The summed E-state index contributed by atoms with van der Waals surface area (Å²) in [5.41, 5.74) is -1.68. The largest absolute Gasteiger partial charge is 0.463 e. The van der Waals surface area contributed by atoms with Crippen LogP contribution in [0.1, 0.15) is 33.6 Å². The fraction of sp³-hybridized carbons (Fsp3) is 0.875. The third kappa shape index (κ3) is 2.42. The molecule has 0 radical (unpaired) electrons. The highest BCUT2D eigenvalue weighted by Gasteiger charge is 2.50. The van der Waals surface area contributed by atoms with Crippen LogP contribution in [0.25, 0.3) is 0 Å². The Labute approximate surface area is 130 Å². The molecule has 6 heteroatoms. The first kappa shape index (κ1) is 15.7. The van der Waals surface area contributed by atoms with Gasteiger partial charge in [-0.2, -0.15) is 0 Å². The SMILES string of the molecule is C[C@H]1C(=O)O[C@@H]2CCN3CC[C@H](COC(=O)[C@](C)(O)[C@H]1C)[C@H]23. The van der Waals surface area contributed by atoms with Gasteiger partial charge in [0.15, 0.2) is 5.60 Å². The molecule has 0 aliphatic carbocycles. The zero-order valence-electron chi connectivity index (χ0n) is 13.4. The van der Waals surface area contributed by atoms with Crippen LogP contribution in [0, 0.1) is 17.8 Å². The maximum absolute atomic E-state index is 12.4. The Balaban J connectivity index is 1.88. The van der Waals surface area contributed by atoms with Crippen LogP contribution in [0.2, 0.25) is 0 Å². The van der Waals surface area contributed by atoms with E-state index in [1.807, 2.05) is 0 Å². The Bertz CT molecular complexity index is 477. The molecule has 6 nitrogen and oxygen atoms in total. The van der Waals surface area contributed by atoms with E-state index in [0.717, 1.165) is 25.9 Å². The lowest BCUT2D eigenvalue weighted by Gasteiger charge is -2.31. The number of carbonyl (C=O) groups excluding carboxylic acids is 2. The molecular weight excluding hydrogens is 286 g/mol. The minimum absolute atomic E-state index is 0.128. The van der Waals surface area contributed by atoms with Crippen molar-refractivity contribution in [1.82, 2.24) is 4.90 Å². The highest BCUT2D eigenvalue weighted by atomic mass is 16.6. The summed E-state index contributed by atoms with van der Waals surface area (Å²) in [6.45, 7) is 6.96. The predicted octanol–water partition coefficient (Wildman–Crippen LogP) is 0.572. The van der Waals surface area contributed by atoms with Crippen LogP contribution in [0.3, 0.4) is 0 Å². The molecule has 0 aromatic carbocycles. The van der Waals surface area contributed by atoms with Crippen LogP contribution in [0.5, 0.6) is 0 Å². The Morgan fingerprint density at radius 2 is 1.91 bits per heavy atom. The lowest BCUT2D eigenvalue weighted by Crippen LogP contribution is -2.47. The summed E-state index contributed by atoms with van der Waals surface area (Å²) in [6, 6.07) is 0.141. The van der Waals surface area contributed by atoms with Crippen LogP contribution < -0.4 is 0 Å². The molecule has 3 heterocycles. The first-order valence-corrected chi connectivity index (χ1v) is 8.16. The molecule has 124 valence electrons. The molecule has 3 fully saturated rings. The number of rotatable bonds is 0. The first-order valence-electron chi connectivity index (χ1n) is 8.16. The fourth-order valence-electron chi connectivity index (χ4n) is 3.99. The van der Waals surface area contributed by atoms with E-state index in [4.69, 9.17) is 9.47 Å². The molecule has 0 unspecified atom stereocenters. The smallest absolute Gasteiger partial charge is 0.338 e. The summed E-state index contributed by atoms with van der Waals surface area (Å²) in [6.07, 6.45) is 1.63. The van der Waals surface area contributed by atoms with Crippen molar-refractivity contribution in [2.45, 2.75) is 51.4 Å².